The van der Waals surface area contributed by atoms with Gasteiger partial charge in [-0.3, -0.25) is 9.19 Å². The quantitative estimate of drug-likeness (QED) is 0.864. The molecule has 1 unspecified atom stereocenters. The van der Waals surface area contributed by atoms with Crippen LogP contribution in [-0.2, 0) is 10.8 Å². The molecule has 16 heavy (non-hydrogen) atoms. The van der Waals surface area contributed by atoms with Gasteiger partial charge in [-0.25, -0.2) is 0 Å². The second kappa shape index (κ2) is 5.08. The van der Waals surface area contributed by atoms with Crippen LogP contribution in [0.5, 0.6) is 0 Å². The van der Waals surface area contributed by atoms with Crippen molar-refractivity contribution in [1.82, 2.24) is 4.98 Å². The van der Waals surface area contributed by atoms with Crippen molar-refractivity contribution >= 4 is 16.5 Å². The first-order chi connectivity index (χ1) is 7.46. The van der Waals surface area contributed by atoms with Crippen LogP contribution in [0, 0.1) is 16.7 Å². The normalized spacial score (nSPS) is 13.1. The van der Waals surface area contributed by atoms with E-state index in [9.17, 15) is 4.21 Å². The number of nitrogens with two attached hydrogens (primary N) is 1. The molecular formula is C11H15N3OS. The van der Waals surface area contributed by atoms with Gasteiger partial charge in [0.05, 0.1) is 39.1 Å². The molecule has 5 heteroatoms. The van der Waals surface area contributed by atoms with Crippen molar-refractivity contribution in [2.24, 2.45) is 5.41 Å². The molecule has 4 nitrogen and oxygen atoms in total. The van der Waals surface area contributed by atoms with Crippen LogP contribution in [0.25, 0.3) is 0 Å². The van der Waals surface area contributed by atoms with E-state index in [4.69, 9.17) is 11.0 Å². The van der Waals surface area contributed by atoms with E-state index in [0.717, 1.165) is 0 Å². The number of rotatable bonds is 4. The number of nitrogens with zero attached hydrogens (tertiary/aromatic N) is 2. The minimum atomic E-state index is -1.16. The van der Waals surface area contributed by atoms with Crippen LogP contribution >= 0.6 is 0 Å². The Kier molecular flexibility index (Phi) is 4.02. The second-order valence-corrected chi connectivity index (χ2v) is 5.75. The number of nitrogen functional groups attached to an aromatic ring is 1. The monoisotopic (exact) mass is 237 g/mol. The first-order valence-electron chi connectivity index (χ1n) is 4.95. The van der Waals surface area contributed by atoms with Gasteiger partial charge in [-0.2, -0.15) is 5.26 Å². The van der Waals surface area contributed by atoms with Crippen LogP contribution in [0.4, 0.5) is 5.69 Å². The van der Waals surface area contributed by atoms with Crippen LogP contribution < -0.4 is 5.73 Å². The highest BCUT2D eigenvalue weighted by Crippen LogP contribution is 2.22. The second-order valence-electron chi connectivity index (χ2n) is 4.21. The molecular weight excluding hydrogens is 222 g/mol. The summed E-state index contributed by atoms with van der Waals surface area (Å²) in [6.45, 7) is 3.67. The topological polar surface area (TPSA) is 79.8 Å². The molecule has 1 heterocycles. The van der Waals surface area contributed by atoms with Crippen molar-refractivity contribution in [3.8, 4) is 6.07 Å². The van der Waals surface area contributed by atoms with Crippen LogP contribution in [0.3, 0.4) is 0 Å². The minimum absolute atomic E-state index is 0.439. The van der Waals surface area contributed by atoms with E-state index in [-0.39, 0.29) is 0 Å². The first kappa shape index (κ1) is 12.7. The van der Waals surface area contributed by atoms with Gasteiger partial charge in [0.25, 0.3) is 0 Å². The molecule has 0 fully saturated rings. The van der Waals surface area contributed by atoms with E-state index >= 15 is 0 Å². The summed E-state index contributed by atoms with van der Waals surface area (Å²) in [7, 11) is -1.16. The third kappa shape index (κ3) is 3.31. The molecule has 0 saturated carbocycles. The van der Waals surface area contributed by atoms with Crippen molar-refractivity contribution in [3.05, 3.63) is 18.5 Å². The van der Waals surface area contributed by atoms with Crippen molar-refractivity contribution in [1.29, 1.82) is 5.26 Å². The molecule has 0 aliphatic rings. The van der Waals surface area contributed by atoms with Gasteiger partial charge in [-0.05, 0) is 26.3 Å². The van der Waals surface area contributed by atoms with Crippen molar-refractivity contribution in [2.45, 2.75) is 25.2 Å². The summed E-state index contributed by atoms with van der Waals surface area (Å²) in [4.78, 5) is 4.44. The van der Waals surface area contributed by atoms with Gasteiger partial charge in [0.1, 0.15) is 0 Å². The van der Waals surface area contributed by atoms with E-state index in [0.29, 0.717) is 22.8 Å². The van der Waals surface area contributed by atoms with Gasteiger partial charge < -0.3 is 5.73 Å². The fourth-order valence-electron chi connectivity index (χ4n) is 1.11. The van der Waals surface area contributed by atoms with Crippen LogP contribution in [0.1, 0.15) is 20.3 Å². The molecule has 2 N–H and O–H groups in total. The molecule has 0 radical (unpaired) electrons. The summed E-state index contributed by atoms with van der Waals surface area (Å²) in [6.07, 6.45) is 3.64. The standard InChI is InChI=1S/C11H15N3OS/c1-11(2,8-12)4-6-16(15)10-3-5-14-7-9(10)13/h3,5,7H,4,6,13H2,1-2H3. The van der Waals surface area contributed by atoms with Gasteiger partial charge in [-0.1, -0.05) is 0 Å². The maximum absolute atomic E-state index is 11.9. The highest BCUT2D eigenvalue weighted by atomic mass is 32.2. The fraction of sp³-hybridized carbons (Fsp3) is 0.455. The molecule has 0 spiro atoms. The average Bonchev–Trinajstić information content (AvgIpc) is 2.27. The average molecular weight is 237 g/mol. The Labute approximate surface area is 97.9 Å². The Morgan fingerprint density at radius 3 is 2.88 bits per heavy atom. The van der Waals surface area contributed by atoms with Crippen LogP contribution in [0.15, 0.2) is 23.4 Å². The van der Waals surface area contributed by atoms with E-state index in [1.807, 2.05) is 13.8 Å². The lowest BCUT2D eigenvalue weighted by Crippen LogP contribution is -2.13. The highest BCUT2D eigenvalue weighted by Gasteiger charge is 2.18. The lowest BCUT2D eigenvalue weighted by atomic mass is 9.93. The number of aromatic nitrogens is 1. The Bertz CT molecular complexity index is 437. The lowest BCUT2D eigenvalue weighted by Gasteiger charge is -2.14. The molecule has 1 aromatic heterocycles. The summed E-state index contributed by atoms with van der Waals surface area (Å²) in [5, 5.41) is 8.85. The number of hydrogen-bond acceptors (Lipinski definition) is 4. The smallest absolute Gasteiger partial charge is 0.0684 e. The number of pyridine rings is 1. The van der Waals surface area contributed by atoms with E-state index in [2.05, 4.69) is 11.1 Å². The number of anilines is 1. The molecule has 86 valence electrons. The SMILES string of the molecule is CC(C)(C#N)CCS(=O)c1ccncc1N. The number of nitriles is 1. The maximum atomic E-state index is 11.9. The van der Waals surface area contributed by atoms with Crippen molar-refractivity contribution in [3.63, 3.8) is 0 Å². The summed E-state index contributed by atoms with van der Waals surface area (Å²) in [6, 6.07) is 3.84. The zero-order valence-electron chi connectivity index (χ0n) is 9.43. The molecule has 1 aromatic rings. The van der Waals surface area contributed by atoms with E-state index < -0.39 is 16.2 Å². The zero-order valence-corrected chi connectivity index (χ0v) is 10.3. The maximum Gasteiger partial charge on any atom is 0.0684 e. The summed E-state index contributed by atoms with van der Waals surface area (Å²) >= 11 is 0. The number of hydrogen-bond donors (Lipinski definition) is 1. The highest BCUT2D eigenvalue weighted by molar-refractivity contribution is 7.85. The Morgan fingerprint density at radius 1 is 1.62 bits per heavy atom. The van der Waals surface area contributed by atoms with Gasteiger partial charge in [-0.15, -0.1) is 0 Å². The molecule has 0 aliphatic carbocycles. The molecule has 1 atom stereocenters. The fourth-order valence-corrected chi connectivity index (χ4v) is 2.56. The largest absolute Gasteiger partial charge is 0.396 e. The molecule has 0 aliphatic heterocycles. The minimum Gasteiger partial charge on any atom is -0.396 e. The van der Waals surface area contributed by atoms with E-state index in [1.54, 1.807) is 12.3 Å². The molecule has 0 saturated heterocycles. The third-order valence-corrected chi connectivity index (χ3v) is 3.71. The lowest BCUT2D eigenvalue weighted by molar-refractivity contribution is 0.479. The molecule has 0 amide bonds. The Hall–Kier alpha value is -1.41. The van der Waals surface area contributed by atoms with Crippen LogP contribution in [0.2, 0.25) is 0 Å². The van der Waals surface area contributed by atoms with Gasteiger partial charge in [0, 0.05) is 11.9 Å². The summed E-state index contributed by atoms with van der Waals surface area (Å²) < 4.78 is 11.9. The van der Waals surface area contributed by atoms with Gasteiger partial charge in [0.2, 0.25) is 0 Å². The predicted molar refractivity (Wildman–Crippen MR) is 63.9 cm³/mol. The first-order valence-corrected chi connectivity index (χ1v) is 6.27. The van der Waals surface area contributed by atoms with Crippen molar-refractivity contribution < 1.29 is 4.21 Å². The Balaban J connectivity index is 2.68. The molecule has 1 rings (SSSR count). The summed E-state index contributed by atoms with van der Waals surface area (Å²) in [5.41, 5.74) is 5.67. The van der Waals surface area contributed by atoms with Gasteiger partial charge >= 0.3 is 0 Å². The van der Waals surface area contributed by atoms with Crippen molar-refractivity contribution in [2.75, 3.05) is 11.5 Å². The molecule has 0 aromatic carbocycles. The summed E-state index contributed by atoms with van der Waals surface area (Å²) in [5.74, 6) is 0.439. The predicted octanol–water partition coefficient (Wildman–Crippen LogP) is 1.71. The third-order valence-electron chi connectivity index (χ3n) is 2.27. The zero-order chi connectivity index (χ0) is 12.2. The van der Waals surface area contributed by atoms with Crippen LogP contribution in [-0.4, -0.2) is 14.9 Å². The molecule has 0 bridgehead atoms. The Morgan fingerprint density at radius 2 is 2.31 bits per heavy atom. The van der Waals surface area contributed by atoms with Gasteiger partial charge in [0.15, 0.2) is 0 Å². The van der Waals surface area contributed by atoms with E-state index in [1.165, 1.54) is 6.20 Å².